The van der Waals surface area contributed by atoms with Crippen LogP contribution in [0.4, 0.5) is 23.7 Å². The van der Waals surface area contributed by atoms with E-state index in [-0.39, 0.29) is 6.54 Å². The highest BCUT2D eigenvalue weighted by molar-refractivity contribution is 5.97. The Kier molecular flexibility index (Phi) is 3.82. The Hall–Kier alpha value is -2.25. The highest BCUT2D eigenvalue weighted by Gasteiger charge is 2.30. The van der Waals surface area contributed by atoms with Gasteiger partial charge in [0.25, 0.3) is 0 Å². The van der Waals surface area contributed by atoms with Crippen molar-refractivity contribution in [3.63, 3.8) is 0 Å². The molecule has 20 heavy (non-hydrogen) atoms. The first kappa shape index (κ1) is 14.2. The predicted octanol–water partition coefficient (Wildman–Crippen LogP) is 1.67. The van der Waals surface area contributed by atoms with Crippen molar-refractivity contribution < 1.29 is 22.8 Å². The lowest BCUT2D eigenvalue weighted by Crippen LogP contribution is -2.37. The molecule has 1 aliphatic heterocycles. The summed E-state index contributed by atoms with van der Waals surface area (Å²) < 4.78 is 37.1. The van der Waals surface area contributed by atoms with Gasteiger partial charge in [0.2, 0.25) is 5.91 Å². The smallest absolute Gasteiger partial charge is 0.376 e. The molecule has 0 unspecified atom stereocenters. The largest absolute Gasteiger partial charge is 0.416 e. The van der Waals surface area contributed by atoms with Crippen LogP contribution >= 0.6 is 0 Å². The molecule has 0 bridgehead atoms. The number of alkyl halides is 3. The summed E-state index contributed by atoms with van der Waals surface area (Å²) in [4.78, 5) is 24.0. The van der Waals surface area contributed by atoms with E-state index in [2.05, 4.69) is 10.6 Å². The fourth-order valence-electron chi connectivity index (χ4n) is 1.76. The number of nitrogens with zero attached hydrogens (tertiary/aromatic N) is 1. The lowest BCUT2D eigenvalue weighted by Gasteiger charge is -2.13. The summed E-state index contributed by atoms with van der Waals surface area (Å²) in [5.41, 5.74) is -0.376. The third-order valence-electron chi connectivity index (χ3n) is 2.81. The molecular weight excluding hydrogens is 275 g/mol. The van der Waals surface area contributed by atoms with Crippen LogP contribution in [0, 0.1) is 0 Å². The van der Waals surface area contributed by atoms with Crippen LogP contribution < -0.4 is 10.6 Å². The Morgan fingerprint density at radius 3 is 2.45 bits per heavy atom. The molecule has 0 atom stereocenters. The zero-order chi connectivity index (χ0) is 14.8. The fourth-order valence-corrected chi connectivity index (χ4v) is 1.76. The Labute approximate surface area is 112 Å². The van der Waals surface area contributed by atoms with Crippen LogP contribution in [0.3, 0.4) is 0 Å². The van der Waals surface area contributed by atoms with E-state index < -0.39 is 23.7 Å². The Morgan fingerprint density at radius 2 is 1.95 bits per heavy atom. The van der Waals surface area contributed by atoms with Crippen molar-refractivity contribution in [3.05, 3.63) is 29.8 Å². The molecule has 0 saturated carbocycles. The average Bonchev–Trinajstić information content (AvgIpc) is 2.82. The highest BCUT2D eigenvalue weighted by Crippen LogP contribution is 2.29. The van der Waals surface area contributed by atoms with E-state index in [1.807, 2.05) is 0 Å². The van der Waals surface area contributed by atoms with Gasteiger partial charge in [-0.15, -0.1) is 0 Å². The number of urea groups is 1. The van der Waals surface area contributed by atoms with Crippen LogP contribution in [0.15, 0.2) is 24.3 Å². The maximum atomic E-state index is 12.4. The highest BCUT2D eigenvalue weighted by atomic mass is 19.4. The lowest BCUT2D eigenvalue weighted by molar-refractivity contribution is -0.137. The maximum absolute atomic E-state index is 12.4. The molecule has 0 spiro atoms. The number of hydrogen-bond donors (Lipinski definition) is 2. The van der Waals surface area contributed by atoms with Gasteiger partial charge >= 0.3 is 12.2 Å². The van der Waals surface area contributed by atoms with Gasteiger partial charge in [-0.1, -0.05) is 0 Å². The van der Waals surface area contributed by atoms with Gasteiger partial charge in [-0.25, -0.2) is 4.79 Å². The Morgan fingerprint density at radius 1 is 1.30 bits per heavy atom. The number of imide groups is 1. The third kappa shape index (κ3) is 3.19. The summed E-state index contributed by atoms with van der Waals surface area (Å²) in [5.74, 6) is -0.431. The normalized spacial score (nSPS) is 15.2. The first-order chi connectivity index (χ1) is 9.38. The summed E-state index contributed by atoms with van der Waals surface area (Å²) in [6.45, 7) is 0.552. The van der Waals surface area contributed by atoms with Crippen molar-refractivity contribution in [1.82, 2.24) is 10.2 Å². The van der Waals surface area contributed by atoms with Gasteiger partial charge in [-0.05, 0) is 24.3 Å². The van der Waals surface area contributed by atoms with Crippen LogP contribution in [0.25, 0.3) is 0 Å². The first-order valence-corrected chi connectivity index (χ1v) is 5.87. The molecule has 1 saturated heterocycles. The lowest BCUT2D eigenvalue weighted by atomic mass is 10.2. The van der Waals surface area contributed by atoms with Crippen LogP contribution in [0.5, 0.6) is 0 Å². The zero-order valence-corrected chi connectivity index (χ0v) is 10.3. The molecular formula is C12H12F3N3O2. The minimum absolute atomic E-state index is 0.154. The van der Waals surface area contributed by atoms with Gasteiger partial charge in [0.05, 0.1) is 12.1 Å². The van der Waals surface area contributed by atoms with E-state index in [4.69, 9.17) is 0 Å². The molecule has 5 nitrogen and oxygen atoms in total. The second kappa shape index (κ2) is 5.40. The van der Waals surface area contributed by atoms with E-state index in [0.717, 1.165) is 17.0 Å². The Balaban J connectivity index is 1.91. The molecule has 108 valence electrons. The molecule has 1 fully saturated rings. The van der Waals surface area contributed by atoms with Crippen LogP contribution in [0.1, 0.15) is 5.56 Å². The van der Waals surface area contributed by atoms with Crippen LogP contribution in [-0.2, 0) is 11.0 Å². The van der Waals surface area contributed by atoms with Crippen molar-refractivity contribution in [2.24, 2.45) is 0 Å². The number of carbonyl (C=O) groups is 2. The molecule has 1 aliphatic rings. The van der Waals surface area contributed by atoms with Gasteiger partial charge in [-0.3, -0.25) is 9.69 Å². The van der Waals surface area contributed by atoms with E-state index in [1.165, 1.54) is 12.1 Å². The van der Waals surface area contributed by atoms with Crippen molar-refractivity contribution in [2.75, 3.05) is 25.0 Å². The summed E-state index contributed by atoms with van der Waals surface area (Å²) in [5, 5.41) is 5.17. The van der Waals surface area contributed by atoms with Crippen LogP contribution in [0.2, 0.25) is 0 Å². The topological polar surface area (TPSA) is 61.4 Å². The second-order valence-electron chi connectivity index (χ2n) is 4.21. The molecule has 1 aromatic carbocycles. The minimum atomic E-state index is -4.39. The number of carbonyl (C=O) groups excluding carboxylic acids is 2. The summed E-state index contributed by atoms with van der Waals surface area (Å²) in [6, 6.07) is 3.87. The van der Waals surface area contributed by atoms with Gasteiger partial charge in [0.1, 0.15) is 0 Å². The number of hydrogen-bond acceptors (Lipinski definition) is 3. The molecule has 2 N–H and O–H groups in total. The number of anilines is 1. The second-order valence-corrected chi connectivity index (χ2v) is 4.21. The van der Waals surface area contributed by atoms with E-state index >= 15 is 0 Å². The number of rotatable bonds is 3. The van der Waals surface area contributed by atoms with Gasteiger partial charge in [0.15, 0.2) is 0 Å². The number of nitrogens with one attached hydrogen (secondary N) is 2. The third-order valence-corrected chi connectivity index (χ3v) is 2.81. The molecule has 3 amide bonds. The summed E-state index contributed by atoms with van der Waals surface area (Å²) >= 11 is 0. The van der Waals surface area contributed by atoms with Crippen LogP contribution in [-0.4, -0.2) is 36.5 Å². The quantitative estimate of drug-likeness (QED) is 0.889. The molecule has 8 heteroatoms. The maximum Gasteiger partial charge on any atom is 0.416 e. The molecule has 2 rings (SSSR count). The van der Waals surface area contributed by atoms with E-state index in [9.17, 15) is 22.8 Å². The average molecular weight is 287 g/mol. The van der Waals surface area contributed by atoms with E-state index in [0.29, 0.717) is 18.8 Å². The standard InChI is InChI=1S/C12H12F3N3O2/c13-12(14,15)8-1-3-9(4-2-8)17-7-10(19)18-6-5-16-11(18)20/h1-4,17H,5-7H2,(H,16,20). The predicted molar refractivity (Wildman–Crippen MR) is 65.0 cm³/mol. The van der Waals surface area contributed by atoms with Gasteiger partial charge in [0, 0.05) is 18.8 Å². The monoisotopic (exact) mass is 287 g/mol. The fraction of sp³-hybridized carbons (Fsp3) is 0.333. The Bertz CT molecular complexity index is 514. The summed E-state index contributed by atoms with van der Waals surface area (Å²) in [6.07, 6.45) is -4.39. The van der Waals surface area contributed by atoms with Gasteiger partial charge < -0.3 is 10.6 Å². The zero-order valence-electron chi connectivity index (χ0n) is 10.3. The molecule has 0 radical (unpaired) electrons. The summed E-state index contributed by atoms with van der Waals surface area (Å²) in [7, 11) is 0. The number of amides is 3. The van der Waals surface area contributed by atoms with Gasteiger partial charge in [-0.2, -0.15) is 13.2 Å². The van der Waals surface area contributed by atoms with Crippen molar-refractivity contribution in [1.29, 1.82) is 0 Å². The number of halogens is 3. The molecule has 1 aromatic rings. The van der Waals surface area contributed by atoms with Crippen molar-refractivity contribution in [2.45, 2.75) is 6.18 Å². The molecule has 0 aliphatic carbocycles. The minimum Gasteiger partial charge on any atom is -0.376 e. The van der Waals surface area contributed by atoms with E-state index in [1.54, 1.807) is 0 Å². The SMILES string of the molecule is O=C(CNc1ccc(C(F)(F)F)cc1)N1CCNC1=O. The molecule has 1 heterocycles. The molecule has 0 aromatic heterocycles. The van der Waals surface area contributed by atoms with Crippen molar-refractivity contribution in [3.8, 4) is 0 Å². The number of benzene rings is 1. The first-order valence-electron chi connectivity index (χ1n) is 5.87. The van der Waals surface area contributed by atoms with Crippen molar-refractivity contribution >= 4 is 17.6 Å².